The van der Waals surface area contributed by atoms with Crippen LogP contribution < -0.4 is 0 Å². The van der Waals surface area contributed by atoms with E-state index in [0.29, 0.717) is 6.42 Å². The van der Waals surface area contributed by atoms with Gasteiger partial charge in [-0.3, -0.25) is 4.79 Å². The highest BCUT2D eigenvalue weighted by Crippen LogP contribution is 2.73. The van der Waals surface area contributed by atoms with E-state index in [2.05, 4.69) is 13.8 Å². The van der Waals surface area contributed by atoms with E-state index in [0.717, 1.165) is 12.0 Å². The Morgan fingerprint density at radius 1 is 1.06 bits per heavy atom. The summed E-state index contributed by atoms with van der Waals surface area (Å²) in [6.07, 6.45) is 1.59. The lowest BCUT2D eigenvalue weighted by molar-refractivity contribution is -0.231. The molecule has 0 bridgehead atoms. The Balaban J connectivity index is 1.46. The van der Waals surface area contributed by atoms with E-state index in [4.69, 9.17) is 4.74 Å². The van der Waals surface area contributed by atoms with Crippen LogP contribution in [0.4, 0.5) is 0 Å². The number of hydrogen-bond donors (Lipinski definition) is 3. The summed E-state index contributed by atoms with van der Waals surface area (Å²) in [4.78, 5) is 26.9. The van der Waals surface area contributed by atoms with Crippen LogP contribution in [0.5, 0.6) is 0 Å². The summed E-state index contributed by atoms with van der Waals surface area (Å²) >= 11 is 0. The van der Waals surface area contributed by atoms with Crippen molar-refractivity contribution in [3.63, 3.8) is 0 Å². The number of aliphatic hydroxyl groups is 3. The monoisotopic (exact) mass is 482 g/mol. The van der Waals surface area contributed by atoms with Crippen LogP contribution in [-0.4, -0.2) is 51.0 Å². The van der Waals surface area contributed by atoms with Gasteiger partial charge in [0.05, 0.1) is 23.5 Å². The number of benzene rings is 1. The Labute approximate surface area is 207 Å². The van der Waals surface area contributed by atoms with Gasteiger partial charge in [-0.15, -0.1) is 0 Å². The van der Waals surface area contributed by atoms with Gasteiger partial charge in [-0.05, 0) is 61.0 Å². The molecule has 190 valence electrons. The summed E-state index contributed by atoms with van der Waals surface area (Å²) in [6.45, 7) is 9.68. The Morgan fingerprint density at radius 3 is 2.37 bits per heavy atom. The van der Waals surface area contributed by atoms with Gasteiger partial charge in [-0.25, -0.2) is 4.79 Å². The molecule has 6 nitrogen and oxygen atoms in total. The van der Waals surface area contributed by atoms with Crippen LogP contribution in [0.25, 0.3) is 6.08 Å². The summed E-state index contributed by atoms with van der Waals surface area (Å²) in [5.74, 6) is -2.01. The van der Waals surface area contributed by atoms with Crippen molar-refractivity contribution in [3.05, 3.63) is 42.0 Å². The molecule has 5 rings (SSSR count). The Hall–Kier alpha value is -2.02. The van der Waals surface area contributed by atoms with Gasteiger partial charge in [0.2, 0.25) is 0 Å². The van der Waals surface area contributed by atoms with Crippen molar-refractivity contribution in [2.24, 2.45) is 39.9 Å². The SMILES string of the molecule is C[C@H]1C[C@]2(O)C(=O)[C@@]3(C)[C@H](O)[C@@H]4[C@H](CC[C@@]3(C)[C@H](O)[C@H]2[C@H]1OC(=O)/C=C/c1ccccc1)C4(C)C. The Bertz CT molecular complexity index is 1060. The molecular weight excluding hydrogens is 444 g/mol. The van der Waals surface area contributed by atoms with Crippen LogP contribution in [-0.2, 0) is 14.3 Å². The molecule has 0 saturated heterocycles. The predicted molar refractivity (Wildman–Crippen MR) is 131 cm³/mol. The summed E-state index contributed by atoms with van der Waals surface area (Å²) < 4.78 is 5.82. The first-order valence-electron chi connectivity index (χ1n) is 12.9. The first-order chi connectivity index (χ1) is 16.3. The highest BCUT2D eigenvalue weighted by atomic mass is 16.5. The molecule has 0 heterocycles. The van der Waals surface area contributed by atoms with Crippen LogP contribution in [0.3, 0.4) is 0 Å². The van der Waals surface area contributed by atoms with E-state index in [1.165, 1.54) is 6.08 Å². The Morgan fingerprint density at radius 2 is 1.71 bits per heavy atom. The summed E-state index contributed by atoms with van der Waals surface area (Å²) in [5, 5.41) is 35.3. The van der Waals surface area contributed by atoms with Crippen molar-refractivity contribution in [1.29, 1.82) is 0 Å². The number of hydrogen-bond acceptors (Lipinski definition) is 6. The number of ether oxygens (including phenoxy) is 1. The maximum absolute atomic E-state index is 14.2. The number of Topliss-reactive ketones (excluding diaryl/α,β-unsaturated/α-hetero) is 1. The smallest absolute Gasteiger partial charge is 0.331 e. The molecule has 1 aromatic carbocycles. The molecule has 0 spiro atoms. The molecule has 0 aliphatic heterocycles. The number of fused-ring (bicyclic) bond motifs is 3. The minimum absolute atomic E-state index is 0.0406. The maximum atomic E-state index is 14.2. The summed E-state index contributed by atoms with van der Waals surface area (Å²) in [6, 6.07) is 9.38. The zero-order valence-corrected chi connectivity index (χ0v) is 21.3. The van der Waals surface area contributed by atoms with Gasteiger partial charge in [-0.1, -0.05) is 58.0 Å². The van der Waals surface area contributed by atoms with Gasteiger partial charge in [0.1, 0.15) is 11.7 Å². The highest BCUT2D eigenvalue weighted by Gasteiger charge is 2.79. The van der Waals surface area contributed by atoms with Crippen molar-refractivity contribution in [2.45, 2.75) is 77.8 Å². The summed E-state index contributed by atoms with van der Waals surface area (Å²) in [5.41, 5.74) is -3.32. The predicted octanol–water partition coefficient (Wildman–Crippen LogP) is 3.38. The molecule has 0 aromatic heterocycles. The maximum Gasteiger partial charge on any atom is 0.331 e. The van der Waals surface area contributed by atoms with Crippen molar-refractivity contribution in [1.82, 2.24) is 0 Å². The minimum Gasteiger partial charge on any atom is -0.458 e. The van der Waals surface area contributed by atoms with Crippen molar-refractivity contribution >= 4 is 17.8 Å². The number of esters is 1. The van der Waals surface area contributed by atoms with Crippen LogP contribution >= 0.6 is 0 Å². The molecule has 0 amide bonds. The molecule has 4 saturated carbocycles. The number of aliphatic hydroxyl groups excluding tert-OH is 2. The first-order valence-corrected chi connectivity index (χ1v) is 12.9. The molecule has 4 fully saturated rings. The van der Waals surface area contributed by atoms with Gasteiger partial charge in [0, 0.05) is 11.5 Å². The van der Waals surface area contributed by atoms with E-state index < -0.39 is 52.4 Å². The molecular formula is C29H38O6. The summed E-state index contributed by atoms with van der Waals surface area (Å²) in [7, 11) is 0. The van der Waals surface area contributed by atoms with E-state index >= 15 is 0 Å². The molecule has 35 heavy (non-hydrogen) atoms. The van der Waals surface area contributed by atoms with E-state index in [1.807, 2.05) is 44.2 Å². The molecule has 3 N–H and O–H groups in total. The average molecular weight is 483 g/mol. The van der Waals surface area contributed by atoms with E-state index in [-0.39, 0.29) is 29.6 Å². The second-order valence-electron chi connectivity index (χ2n) is 12.6. The lowest BCUT2D eigenvalue weighted by Crippen LogP contribution is -2.72. The zero-order valence-electron chi connectivity index (χ0n) is 21.3. The number of rotatable bonds is 3. The highest BCUT2D eigenvalue weighted by molar-refractivity contribution is 5.96. The van der Waals surface area contributed by atoms with Crippen LogP contribution in [0.1, 0.15) is 59.4 Å². The fourth-order valence-electron chi connectivity index (χ4n) is 8.22. The quantitative estimate of drug-likeness (QED) is 0.451. The standard InChI is InChI=1S/C29H38O6/c1-16-15-29(34)21(22(16)35-19(30)12-11-17-9-7-6-8-10-17)23(31)27(4)14-13-18-20(26(18,2)3)24(32)28(27,5)25(29)33/h6-12,16,18,20-24,31-32,34H,13-15H2,1-5H3/b12-11+/t16-,18-,20-,21+,22-,23+,24+,27-,28+,29+/m0/s1. The first kappa shape index (κ1) is 24.7. The second-order valence-corrected chi connectivity index (χ2v) is 12.6. The lowest BCUT2D eigenvalue weighted by Gasteiger charge is -2.59. The third-order valence-electron chi connectivity index (χ3n) is 10.7. The largest absolute Gasteiger partial charge is 0.458 e. The number of carbonyl (C=O) groups is 2. The third kappa shape index (κ3) is 3.19. The average Bonchev–Trinajstić information content (AvgIpc) is 3.30. The molecule has 4 aliphatic carbocycles. The van der Waals surface area contributed by atoms with Crippen molar-refractivity contribution in [2.75, 3.05) is 0 Å². The molecule has 4 aliphatic rings. The molecule has 0 unspecified atom stereocenters. The molecule has 1 aromatic rings. The molecule has 6 heteroatoms. The van der Waals surface area contributed by atoms with Gasteiger partial charge >= 0.3 is 5.97 Å². The van der Waals surface area contributed by atoms with E-state index in [1.54, 1.807) is 13.0 Å². The van der Waals surface area contributed by atoms with Gasteiger partial charge in [0.25, 0.3) is 0 Å². The van der Waals surface area contributed by atoms with Crippen LogP contribution in [0, 0.1) is 39.9 Å². The topological polar surface area (TPSA) is 104 Å². The van der Waals surface area contributed by atoms with Crippen LogP contribution in [0.2, 0.25) is 0 Å². The van der Waals surface area contributed by atoms with Crippen molar-refractivity contribution in [3.8, 4) is 0 Å². The van der Waals surface area contributed by atoms with E-state index in [9.17, 15) is 24.9 Å². The van der Waals surface area contributed by atoms with Gasteiger partial charge < -0.3 is 20.1 Å². The zero-order chi connectivity index (χ0) is 25.6. The van der Waals surface area contributed by atoms with Crippen LogP contribution in [0.15, 0.2) is 36.4 Å². The third-order valence-corrected chi connectivity index (χ3v) is 10.7. The second kappa shape index (κ2) is 7.74. The lowest BCUT2D eigenvalue weighted by atomic mass is 9.46. The fourth-order valence-corrected chi connectivity index (χ4v) is 8.22. The number of ketones is 1. The van der Waals surface area contributed by atoms with Crippen molar-refractivity contribution < 1.29 is 29.6 Å². The van der Waals surface area contributed by atoms with Gasteiger partial charge in [0.15, 0.2) is 5.78 Å². The minimum atomic E-state index is -1.86. The Kier molecular flexibility index (Phi) is 5.45. The molecule has 10 atom stereocenters. The number of carbonyl (C=O) groups excluding carboxylic acids is 2. The fraction of sp³-hybridized carbons (Fsp3) is 0.655. The normalized spacial score (nSPS) is 48.0. The molecule has 0 radical (unpaired) electrons. The van der Waals surface area contributed by atoms with Gasteiger partial charge in [-0.2, -0.15) is 0 Å².